The highest BCUT2D eigenvalue weighted by Gasteiger charge is 2.30. The van der Waals surface area contributed by atoms with E-state index in [1.54, 1.807) is 4.40 Å². The lowest BCUT2D eigenvalue weighted by atomic mass is 9.88. The van der Waals surface area contributed by atoms with Crippen LogP contribution in [0.2, 0.25) is 0 Å². The number of anilines is 1. The van der Waals surface area contributed by atoms with Crippen LogP contribution in [0, 0.1) is 0 Å². The summed E-state index contributed by atoms with van der Waals surface area (Å²) in [4.78, 5) is 20.9. The molecule has 0 bridgehead atoms. The number of aromatic nitrogens is 2. The molecule has 0 unspecified atom stereocenters. The molecule has 0 saturated heterocycles. The third-order valence-corrected chi connectivity index (χ3v) is 6.86. The smallest absolute Gasteiger partial charge is 0.274 e. The van der Waals surface area contributed by atoms with E-state index in [4.69, 9.17) is 0 Å². The van der Waals surface area contributed by atoms with Crippen molar-refractivity contribution in [2.24, 2.45) is 0 Å². The Morgan fingerprint density at radius 3 is 2.77 bits per heavy atom. The van der Waals surface area contributed by atoms with Crippen LogP contribution >= 0.6 is 11.3 Å². The maximum absolute atomic E-state index is 13.1. The summed E-state index contributed by atoms with van der Waals surface area (Å²) < 4.78 is 2.44. The second-order valence-corrected chi connectivity index (χ2v) is 9.55. The molecule has 0 spiro atoms. The predicted octanol–water partition coefficient (Wildman–Crippen LogP) is 4.87. The lowest BCUT2D eigenvalue weighted by molar-refractivity contribution is 0.550. The van der Waals surface area contributed by atoms with Crippen LogP contribution in [-0.4, -0.2) is 21.5 Å². The number of fused-ring (bicyclic) bond motifs is 4. The van der Waals surface area contributed by atoms with E-state index in [2.05, 4.69) is 61.9 Å². The van der Waals surface area contributed by atoms with E-state index in [-0.39, 0.29) is 11.1 Å². The highest BCUT2D eigenvalue weighted by molar-refractivity contribution is 7.15. The van der Waals surface area contributed by atoms with Crippen molar-refractivity contribution in [1.82, 2.24) is 9.38 Å². The van der Waals surface area contributed by atoms with E-state index in [1.165, 1.54) is 28.2 Å². The molecule has 1 aliphatic heterocycles. The van der Waals surface area contributed by atoms with Gasteiger partial charge in [-0.2, -0.15) is 0 Å². The molecule has 0 aliphatic carbocycles. The maximum Gasteiger partial charge on any atom is 0.274 e. The second kappa shape index (κ2) is 6.81. The average Bonchev–Trinajstić information content (AvgIpc) is 3.21. The molecule has 152 valence electrons. The van der Waals surface area contributed by atoms with Crippen LogP contribution in [-0.2, 0) is 0 Å². The van der Waals surface area contributed by atoms with Crippen molar-refractivity contribution in [2.75, 3.05) is 11.4 Å². The van der Waals surface area contributed by atoms with Crippen LogP contribution in [0.15, 0.2) is 53.3 Å². The molecule has 0 saturated carbocycles. The molecule has 5 heteroatoms. The number of hydrogen-bond acceptors (Lipinski definition) is 4. The fourth-order valence-electron chi connectivity index (χ4n) is 4.59. The van der Waals surface area contributed by atoms with Crippen LogP contribution in [0.1, 0.15) is 45.2 Å². The molecule has 3 heterocycles. The van der Waals surface area contributed by atoms with E-state index >= 15 is 0 Å². The van der Waals surface area contributed by atoms with Crippen LogP contribution in [0.3, 0.4) is 0 Å². The number of hydrogen-bond donors (Lipinski definition) is 0. The molecule has 1 aliphatic rings. The minimum atomic E-state index is 0.000600. The summed E-state index contributed by atoms with van der Waals surface area (Å²) in [6.07, 6.45) is 5.44. The monoisotopic (exact) mass is 415 g/mol. The van der Waals surface area contributed by atoms with Crippen molar-refractivity contribution in [2.45, 2.75) is 39.7 Å². The lowest BCUT2D eigenvalue weighted by Crippen LogP contribution is -2.45. The SMILES string of the molecule is CCCN1c2ccc(/C=c3/sc4nc5ccccc5n4c3=O)cc2C(C)=CC1(C)C. The topological polar surface area (TPSA) is 37.6 Å². The van der Waals surface area contributed by atoms with E-state index in [1.807, 2.05) is 30.3 Å². The summed E-state index contributed by atoms with van der Waals surface area (Å²) in [6, 6.07) is 14.3. The number of allylic oxidation sites excluding steroid dienone is 1. The molecule has 30 heavy (non-hydrogen) atoms. The Labute approximate surface area is 179 Å². The van der Waals surface area contributed by atoms with Gasteiger partial charge in [-0.3, -0.25) is 4.79 Å². The molecular formula is C25H25N3OS. The highest BCUT2D eigenvalue weighted by atomic mass is 32.1. The Morgan fingerprint density at radius 1 is 1.17 bits per heavy atom. The molecule has 5 rings (SSSR count). The normalized spacial score (nSPS) is 16.3. The maximum atomic E-state index is 13.1. The van der Waals surface area contributed by atoms with Crippen LogP contribution in [0.4, 0.5) is 5.69 Å². The van der Waals surface area contributed by atoms with Crippen molar-refractivity contribution in [1.29, 1.82) is 0 Å². The zero-order valence-corrected chi connectivity index (χ0v) is 18.6. The van der Waals surface area contributed by atoms with Crippen molar-refractivity contribution in [3.8, 4) is 0 Å². The van der Waals surface area contributed by atoms with Gasteiger partial charge >= 0.3 is 0 Å². The fourth-order valence-corrected chi connectivity index (χ4v) is 5.57. The summed E-state index contributed by atoms with van der Waals surface area (Å²) >= 11 is 1.45. The van der Waals surface area contributed by atoms with Crippen molar-refractivity contribution in [3.05, 3.63) is 74.6 Å². The zero-order chi connectivity index (χ0) is 21.0. The Balaban J connectivity index is 1.65. The number of benzene rings is 2. The molecule has 0 radical (unpaired) electrons. The molecule has 4 aromatic rings. The van der Waals surface area contributed by atoms with Crippen molar-refractivity contribution < 1.29 is 0 Å². The highest BCUT2D eigenvalue weighted by Crippen LogP contribution is 2.39. The Hall–Kier alpha value is -2.92. The number of rotatable bonds is 3. The summed E-state index contributed by atoms with van der Waals surface area (Å²) in [7, 11) is 0. The van der Waals surface area contributed by atoms with Crippen molar-refractivity contribution in [3.63, 3.8) is 0 Å². The molecule has 2 aromatic heterocycles. The molecule has 2 aromatic carbocycles. The summed E-state index contributed by atoms with van der Waals surface area (Å²) in [5.41, 5.74) is 6.58. The van der Waals surface area contributed by atoms with Crippen molar-refractivity contribution >= 4 is 44.7 Å². The first-order valence-electron chi connectivity index (χ1n) is 10.4. The molecule has 0 atom stereocenters. The standard InChI is InChI=1S/C25H25N3OS/c1-5-12-27-20-11-10-17(13-18(20)16(2)15-25(27,3)4)14-22-23(29)28-21-9-7-6-8-19(21)26-24(28)30-22/h6-11,13-15H,5,12H2,1-4H3/b22-14+. The minimum Gasteiger partial charge on any atom is -0.362 e. The third kappa shape index (κ3) is 2.88. The van der Waals surface area contributed by atoms with Gasteiger partial charge in [-0.1, -0.05) is 42.5 Å². The van der Waals surface area contributed by atoms with E-state index in [0.717, 1.165) is 34.5 Å². The van der Waals surface area contributed by atoms with Gasteiger partial charge < -0.3 is 4.90 Å². The predicted molar refractivity (Wildman–Crippen MR) is 127 cm³/mol. The van der Waals surface area contributed by atoms with E-state index in [0.29, 0.717) is 4.53 Å². The van der Waals surface area contributed by atoms with E-state index in [9.17, 15) is 4.79 Å². The number of nitrogens with zero attached hydrogens (tertiary/aromatic N) is 3. The zero-order valence-electron chi connectivity index (χ0n) is 17.8. The summed E-state index contributed by atoms with van der Waals surface area (Å²) in [5, 5.41) is 0. The van der Waals surface area contributed by atoms with Gasteiger partial charge in [-0.25, -0.2) is 9.38 Å². The van der Waals surface area contributed by atoms with Gasteiger partial charge in [-0.05, 0) is 68.7 Å². The van der Waals surface area contributed by atoms with Gasteiger partial charge in [0.15, 0.2) is 4.96 Å². The summed E-state index contributed by atoms with van der Waals surface area (Å²) in [5.74, 6) is 0. The first kappa shape index (κ1) is 19.1. The largest absolute Gasteiger partial charge is 0.362 e. The van der Waals surface area contributed by atoms with Crippen LogP contribution in [0.25, 0.3) is 27.6 Å². The van der Waals surface area contributed by atoms with Crippen LogP contribution < -0.4 is 15.0 Å². The first-order valence-corrected chi connectivity index (χ1v) is 11.2. The first-order chi connectivity index (χ1) is 14.4. The van der Waals surface area contributed by atoms with Gasteiger partial charge in [0.2, 0.25) is 0 Å². The number of thiazole rings is 1. The molecule has 4 nitrogen and oxygen atoms in total. The summed E-state index contributed by atoms with van der Waals surface area (Å²) in [6.45, 7) is 9.95. The molecular weight excluding hydrogens is 390 g/mol. The van der Waals surface area contributed by atoms with Gasteiger partial charge in [0, 0.05) is 17.8 Å². The second-order valence-electron chi connectivity index (χ2n) is 8.54. The minimum absolute atomic E-state index is 0.000600. The molecule has 0 fully saturated rings. The van der Waals surface area contributed by atoms with Crippen LogP contribution in [0.5, 0.6) is 0 Å². The van der Waals surface area contributed by atoms with Gasteiger partial charge in [0.25, 0.3) is 5.56 Å². The fraction of sp³-hybridized carbons (Fsp3) is 0.280. The lowest BCUT2D eigenvalue weighted by Gasteiger charge is -2.43. The number of para-hydroxylation sites is 2. The quantitative estimate of drug-likeness (QED) is 0.479. The average molecular weight is 416 g/mol. The number of imidazole rings is 1. The van der Waals surface area contributed by atoms with Gasteiger partial charge in [0.05, 0.1) is 21.1 Å². The Kier molecular flexibility index (Phi) is 4.33. The van der Waals surface area contributed by atoms with Gasteiger partial charge in [0.1, 0.15) is 0 Å². The van der Waals surface area contributed by atoms with E-state index < -0.39 is 0 Å². The molecule has 0 amide bonds. The molecule has 0 N–H and O–H groups in total. The third-order valence-electron chi connectivity index (χ3n) is 5.89. The Morgan fingerprint density at radius 2 is 1.97 bits per heavy atom. The Bertz CT molecular complexity index is 1420. The van der Waals surface area contributed by atoms with Gasteiger partial charge in [-0.15, -0.1) is 0 Å².